The van der Waals surface area contributed by atoms with Crippen molar-refractivity contribution in [1.29, 1.82) is 0 Å². The van der Waals surface area contributed by atoms with E-state index in [9.17, 15) is 9.18 Å². The highest BCUT2D eigenvalue weighted by Gasteiger charge is 2.05. The predicted molar refractivity (Wildman–Crippen MR) is 53.6 cm³/mol. The van der Waals surface area contributed by atoms with E-state index in [1.807, 2.05) is 6.92 Å². The van der Waals surface area contributed by atoms with E-state index in [0.717, 1.165) is 5.57 Å². The molecule has 0 saturated heterocycles. The van der Waals surface area contributed by atoms with Gasteiger partial charge in [0.25, 0.3) is 0 Å². The summed E-state index contributed by atoms with van der Waals surface area (Å²) in [6, 6.07) is 0. The van der Waals surface area contributed by atoms with E-state index in [1.54, 1.807) is 13.0 Å². The zero-order valence-electron chi connectivity index (χ0n) is 8.10. The summed E-state index contributed by atoms with van der Waals surface area (Å²) in [4.78, 5) is 10.8. The number of hydrogen-bond acceptors (Lipinski definition) is 1. The Bertz CT molecular complexity index is 241. The van der Waals surface area contributed by atoms with Gasteiger partial charge in [-0.05, 0) is 37.4 Å². The van der Waals surface area contributed by atoms with Gasteiger partial charge in [0.05, 0.1) is 0 Å². The Hall–Kier alpha value is -0.630. The molecule has 0 aliphatic rings. The Morgan fingerprint density at radius 3 is 2.46 bits per heavy atom. The summed E-state index contributed by atoms with van der Waals surface area (Å²) in [5.74, 6) is 0. The minimum absolute atomic E-state index is 0.462. The summed E-state index contributed by atoms with van der Waals surface area (Å²) >= 11 is 5.33. The first-order chi connectivity index (χ1) is 5.99. The number of carbonyl (C=O) groups excluding carboxylic acids is 1. The van der Waals surface area contributed by atoms with Gasteiger partial charge in [-0.25, -0.2) is 4.39 Å². The van der Waals surface area contributed by atoms with Gasteiger partial charge in [-0.1, -0.05) is 19.1 Å². The van der Waals surface area contributed by atoms with E-state index >= 15 is 0 Å². The number of allylic oxidation sites excluding steroid dienone is 4. The first-order valence-electron chi connectivity index (χ1n) is 4.20. The fourth-order valence-electron chi connectivity index (χ4n) is 0.950. The molecule has 3 heteroatoms. The van der Waals surface area contributed by atoms with Crippen molar-refractivity contribution in [3.63, 3.8) is 0 Å². The van der Waals surface area contributed by atoms with Crippen LogP contribution >= 0.6 is 11.6 Å². The molecule has 0 aliphatic heterocycles. The molecule has 0 N–H and O–H groups in total. The molecule has 0 fully saturated rings. The maximum Gasteiger partial charge on any atom is 0.248 e. The second-order valence-corrected chi connectivity index (χ2v) is 3.17. The van der Waals surface area contributed by atoms with Crippen molar-refractivity contribution in [3.05, 3.63) is 23.3 Å². The Labute approximate surface area is 83.3 Å². The van der Waals surface area contributed by atoms with Gasteiger partial charge >= 0.3 is 0 Å². The second kappa shape index (κ2) is 5.92. The van der Waals surface area contributed by atoms with Crippen molar-refractivity contribution in [1.82, 2.24) is 0 Å². The SMILES string of the molecule is CC/C(C(=O)Cl)=C(C)\C=C/C(C)F. The smallest absolute Gasteiger partial charge is 0.248 e. The summed E-state index contributed by atoms with van der Waals surface area (Å²) < 4.78 is 12.4. The van der Waals surface area contributed by atoms with Crippen LogP contribution in [0, 0.1) is 0 Å². The normalized spacial score (nSPS) is 15.8. The standard InChI is InChI=1S/C10H14ClFO/c1-4-9(10(11)13)7(2)5-6-8(3)12/h5-6,8H,4H2,1-3H3/b6-5-,9-7+. The maximum absolute atomic E-state index is 12.4. The Morgan fingerprint density at radius 2 is 2.15 bits per heavy atom. The molecule has 0 spiro atoms. The van der Waals surface area contributed by atoms with Crippen molar-refractivity contribution in [3.8, 4) is 0 Å². The quantitative estimate of drug-likeness (QED) is 0.390. The van der Waals surface area contributed by atoms with Crippen LogP contribution in [0.1, 0.15) is 27.2 Å². The molecule has 0 saturated carbocycles. The van der Waals surface area contributed by atoms with Gasteiger partial charge in [0.1, 0.15) is 6.17 Å². The van der Waals surface area contributed by atoms with E-state index in [2.05, 4.69) is 0 Å². The molecule has 1 nitrogen and oxygen atoms in total. The molecule has 0 heterocycles. The van der Waals surface area contributed by atoms with Gasteiger partial charge in [-0.15, -0.1) is 0 Å². The number of carbonyl (C=O) groups is 1. The predicted octanol–water partition coefficient (Wildman–Crippen LogP) is 3.39. The van der Waals surface area contributed by atoms with Crippen molar-refractivity contribution in [2.24, 2.45) is 0 Å². The average Bonchev–Trinajstić information content (AvgIpc) is 2.01. The topological polar surface area (TPSA) is 17.1 Å². The van der Waals surface area contributed by atoms with Crippen LogP contribution in [0.2, 0.25) is 0 Å². The molecular weight excluding hydrogens is 191 g/mol. The highest BCUT2D eigenvalue weighted by Crippen LogP contribution is 2.13. The fraction of sp³-hybridized carbons (Fsp3) is 0.500. The summed E-state index contributed by atoms with van der Waals surface area (Å²) in [7, 11) is 0. The Morgan fingerprint density at radius 1 is 1.62 bits per heavy atom. The lowest BCUT2D eigenvalue weighted by Gasteiger charge is -2.01. The summed E-state index contributed by atoms with van der Waals surface area (Å²) in [5, 5.41) is -0.462. The Balaban J connectivity index is 4.67. The molecule has 0 aromatic rings. The van der Waals surface area contributed by atoms with Gasteiger partial charge in [0.15, 0.2) is 0 Å². The lowest BCUT2D eigenvalue weighted by atomic mass is 10.1. The van der Waals surface area contributed by atoms with E-state index in [0.29, 0.717) is 12.0 Å². The van der Waals surface area contributed by atoms with E-state index in [1.165, 1.54) is 13.0 Å². The largest absolute Gasteiger partial charge is 0.276 e. The maximum atomic E-state index is 12.4. The van der Waals surface area contributed by atoms with E-state index in [4.69, 9.17) is 11.6 Å². The average molecular weight is 205 g/mol. The highest BCUT2D eigenvalue weighted by molar-refractivity contribution is 6.67. The lowest BCUT2D eigenvalue weighted by Crippen LogP contribution is -1.95. The zero-order chi connectivity index (χ0) is 10.4. The monoisotopic (exact) mass is 204 g/mol. The molecule has 0 aromatic heterocycles. The van der Waals surface area contributed by atoms with E-state index in [-0.39, 0.29) is 0 Å². The third kappa shape index (κ3) is 4.83. The molecular formula is C10H14ClFO. The van der Waals surface area contributed by atoms with Crippen LogP contribution in [0.4, 0.5) is 4.39 Å². The second-order valence-electron chi connectivity index (χ2n) is 2.83. The molecule has 0 amide bonds. The summed E-state index contributed by atoms with van der Waals surface area (Å²) in [5.41, 5.74) is 1.27. The Kier molecular flexibility index (Phi) is 5.63. The van der Waals surface area contributed by atoms with Gasteiger partial charge in [0, 0.05) is 5.57 Å². The number of alkyl halides is 1. The first-order valence-corrected chi connectivity index (χ1v) is 4.58. The first kappa shape index (κ1) is 12.4. The number of hydrogen-bond donors (Lipinski definition) is 0. The van der Waals surface area contributed by atoms with Crippen LogP contribution in [0.25, 0.3) is 0 Å². The molecule has 0 rings (SSSR count). The lowest BCUT2D eigenvalue weighted by molar-refractivity contribution is -0.108. The molecule has 13 heavy (non-hydrogen) atoms. The molecule has 0 aliphatic carbocycles. The number of halogens is 2. The van der Waals surface area contributed by atoms with Gasteiger partial charge < -0.3 is 0 Å². The summed E-state index contributed by atoms with van der Waals surface area (Å²) in [6.45, 7) is 5.02. The van der Waals surface area contributed by atoms with Crippen LogP contribution in [0.3, 0.4) is 0 Å². The van der Waals surface area contributed by atoms with Gasteiger partial charge in [-0.2, -0.15) is 0 Å². The van der Waals surface area contributed by atoms with Crippen LogP contribution in [-0.2, 0) is 4.79 Å². The fourth-order valence-corrected chi connectivity index (χ4v) is 1.23. The van der Waals surface area contributed by atoms with Gasteiger partial charge in [-0.3, -0.25) is 4.79 Å². The molecule has 1 atom stereocenters. The van der Waals surface area contributed by atoms with Crippen molar-refractivity contribution in [2.45, 2.75) is 33.4 Å². The zero-order valence-corrected chi connectivity index (χ0v) is 8.86. The molecule has 1 unspecified atom stereocenters. The third-order valence-electron chi connectivity index (χ3n) is 1.68. The van der Waals surface area contributed by atoms with Crippen molar-refractivity contribution in [2.75, 3.05) is 0 Å². The van der Waals surface area contributed by atoms with Gasteiger partial charge in [0.2, 0.25) is 5.24 Å². The van der Waals surface area contributed by atoms with Crippen LogP contribution in [0.15, 0.2) is 23.3 Å². The van der Waals surface area contributed by atoms with Crippen molar-refractivity contribution >= 4 is 16.8 Å². The van der Waals surface area contributed by atoms with Crippen LogP contribution in [-0.4, -0.2) is 11.4 Å². The minimum atomic E-state index is -1.00. The highest BCUT2D eigenvalue weighted by atomic mass is 35.5. The summed E-state index contributed by atoms with van der Waals surface area (Å²) in [6.07, 6.45) is 2.55. The third-order valence-corrected chi connectivity index (χ3v) is 1.91. The van der Waals surface area contributed by atoms with Crippen LogP contribution in [0.5, 0.6) is 0 Å². The van der Waals surface area contributed by atoms with Crippen LogP contribution < -0.4 is 0 Å². The van der Waals surface area contributed by atoms with Crippen molar-refractivity contribution < 1.29 is 9.18 Å². The molecule has 74 valence electrons. The molecule has 0 radical (unpaired) electrons. The van der Waals surface area contributed by atoms with E-state index < -0.39 is 11.4 Å². The molecule has 0 aromatic carbocycles. The minimum Gasteiger partial charge on any atom is -0.276 e. The molecule has 0 bridgehead atoms. The number of rotatable bonds is 4.